The minimum Gasteiger partial charge on any atom is -0.489 e. The Labute approximate surface area is 169 Å². The largest absolute Gasteiger partial charge is 0.489 e. The summed E-state index contributed by atoms with van der Waals surface area (Å²) in [5, 5.41) is 3.01. The van der Waals surface area contributed by atoms with Crippen molar-refractivity contribution in [2.24, 2.45) is 0 Å². The molecule has 2 aliphatic heterocycles. The fourth-order valence-corrected chi connectivity index (χ4v) is 5.27. The second-order valence-corrected chi connectivity index (χ2v) is 8.91. The van der Waals surface area contributed by atoms with Crippen LogP contribution in [0.2, 0.25) is 0 Å². The van der Waals surface area contributed by atoms with Gasteiger partial charge in [-0.1, -0.05) is 42.5 Å². The molecule has 0 aromatic heterocycles. The number of carbonyl (C=O) groups is 2. The number of benzene rings is 2. The maximum Gasteiger partial charge on any atom is 0.243 e. The predicted molar refractivity (Wildman–Crippen MR) is 110 cm³/mol. The lowest BCUT2D eigenvalue weighted by Gasteiger charge is -2.29. The number of amides is 2. The zero-order chi connectivity index (χ0) is 19.6. The van der Waals surface area contributed by atoms with Crippen LogP contribution in [0.15, 0.2) is 54.6 Å². The molecular weight excluding hydrogens is 372 g/mol. The van der Waals surface area contributed by atoms with Gasteiger partial charge >= 0.3 is 0 Å². The first kappa shape index (κ1) is 18.9. The van der Waals surface area contributed by atoms with Crippen molar-refractivity contribution in [3.8, 4) is 5.75 Å². The van der Waals surface area contributed by atoms with Crippen LogP contribution >= 0.6 is 11.8 Å². The number of carbonyl (C=O) groups excluding carboxylic acids is 2. The summed E-state index contributed by atoms with van der Waals surface area (Å²) in [5.74, 6) is 1.52. The van der Waals surface area contributed by atoms with Gasteiger partial charge in [-0.25, -0.2) is 0 Å². The Morgan fingerprint density at radius 1 is 1.21 bits per heavy atom. The van der Waals surface area contributed by atoms with Gasteiger partial charge in [0.1, 0.15) is 18.4 Å². The van der Waals surface area contributed by atoms with E-state index in [0.29, 0.717) is 25.3 Å². The van der Waals surface area contributed by atoms with Crippen molar-refractivity contribution in [2.45, 2.75) is 43.8 Å². The van der Waals surface area contributed by atoms with Gasteiger partial charge < -0.3 is 15.0 Å². The van der Waals surface area contributed by atoms with Crippen LogP contribution in [0.25, 0.3) is 0 Å². The molecular formula is C22H24N2O3S. The van der Waals surface area contributed by atoms with Crippen LogP contribution in [0, 0.1) is 0 Å². The molecule has 28 heavy (non-hydrogen) atoms. The molecule has 0 bridgehead atoms. The molecule has 146 valence electrons. The van der Waals surface area contributed by atoms with Crippen molar-refractivity contribution >= 4 is 23.6 Å². The van der Waals surface area contributed by atoms with E-state index in [-0.39, 0.29) is 22.7 Å². The maximum absolute atomic E-state index is 12.7. The number of para-hydroxylation sites is 1. The Morgan fingerprint density at radius 3 is 2.82 bits per heavy atom. The number of hydrogen-bond donors (Lipinski definition) is 1. The van der Waals surface area contributed by atoms with Gasteiger partial charge in [0.05, 0.1) is 4.87 Å². The molecule has 0 radical (unpaired) electrons. The molecule has 1 N–H and O–H groups in total. The van der Waals surface area contributed by atoms with Crippen LogP contribution in [-0.2, 0) is 22.7 Å². The van der Waals surface area contributed by atoms with E-state index in [1.165, 1.54) is 0 Å². The topological polar surface area (TPSA) is 58.6 Å². The number of thioether (sulfide) groups is 1. The predicted octanol–water partition coefficient (Wildman–Crippen LogP) is 3.34. The van der Waals surface area contributed by atoms with Gasteiger partial charge in [-0.2, -0.15) is 0 Å². The van der Waals surface area contributed by atoms with E-state index < -0.39 is 0 Å². The van der Waals surface area contributed by atoms with Crippen molar-refractivity contribution in [1.29, 1.82) is 0 Å². The highest BCUT2D eigenvalue weighted by atomic mass is 32.2. The minimum atomic E-state index is -0.366. The van der Waals surface area contributed by atoms with E-state index in [9.17, 15) is 9.59 Å². The Bertz CT molecular complexity index is 873. The molecule has 0 spiro atoms. The second-order valence-electron chi connectivity index (χ2n) is 7.41. The zero-order valence-corrected chi connectivity index (χ0v) is 16.7. The summed E-state index contributed by atoms with van der Waals surface area (Å²) in [6.07, 6.45) is 1.36. The lowest BCUT2D eigenvalue weighted by atomic mass is 10.1. The fraction of sp³-hybridized carbons (Fsp3) is 0.364. The third kappa shape index (κ3) is 3.87. The fourth-order valence-electron chi connectivity index (χ4n) is 3.83. The highest BCUT2D eigenvalue weighted by Gasteiger charge is 2.52. The van der Waals surface area contributed by atoms with E-state index >= 15 is 0 Å². The Hall–Kier alpha value is -2.47. The average molecular weight is 397 g/mol. The average Bonchev–Trinajstić information content (AvgIpc) is 3.21. The van der Waals surface area contributed by atoms with Crippen LogP contribution in [0.1, 0.15) is 30.9 Å². The molecule has 0 aliphatic carbocycles. The van der Waals surface area contributed by atoms with Crippen LogP contribution in [0.5, 0.6) is 5.75 Å². The smallest absolute Gasteiger partial charge is 0.243 e. The summed E-state index contributed by atoms with van der Waals surface area (Å²) >= 11 is 1.71. The number of rotatable bonds is 6. The highest BCUT2D eigenvalue weighted by Crippen LogP contribution is 2.47. The minimum absolute atomic E-state index is 0.0718. The van der Waals surface area contributed by atoms with E-state index in [4.69, 9.17) is 4.74 Å². The van der Waals surface area contributed by atoms with Crippen molar-refractivity contribution in [1.82, 2.24) is 10.2 Å². The molecule has 2 heterocycles. The normalized spacial score (nSPS) is 23.5. The maximum atomic E-state index is 12.7. The second kappa shape index (κ2) is 7.87. The Kier molecular flexibility index (Phi) is 5.31. The van der Waals surface area contributed by atoms with E-state index in [1.807, 2.05) is 54.6 Å². The molecule has 5 nitrogen and oxygen atoms in total. The van der Waals surface area contributed by atoms with Gasteiger partial charge in [0.15, 0.2) is 0 Å². The van der Waals surface area contributed by atoms with Gasteiger partial charge in [0.25, 0.3) is 0 Å². The number of fused-ring (bicyclic) bond motifs is 1. The molecule has 6 heteroatoms. The molecule has 2 fully saturated rings. The van der Waals surface area contributed by atoms with E-state index in [1.54, 1.807) is 16.7 Å². The molecule has 2 amide bonds. The quantitative estimate of drug-likeness (QED) is 0.814. The van der Waals surface area contributed by atoms with Gasteiger partial charge in [0.2, 0.25) is 11.8 Å². The summed E-state index contributed by atoms with van der Waals surface area (Å²) in [7, 11) is 0. The van der Waals surface area contributed by atoms with Crippen LogP contribution in [0.3, 0.4) is 0 Å². The van der Waals surface area contributed by atoms with Gasteiger partial charge in [-0.05, 0) is 36.6 Å². The molecule has 2 unspecified atom stereocenters. The summed E-state index contributed by atoms with van der Waals surface area (Å²) in [4.78, 5) is 26.5. The molecule has 4 rings (SSSR count). The van der Waals surface area contributed by atoms with Crippen molar-refractivity contribution in [2.75, 3.05) is 5.75 Å². The monoisotopic (exact) mass is 396 g/mol. The third-order valence-electron chi connectivity index (χ3n) is 5.35. The standard InChI is InChI=1S/C22H24N2O3S/c1-22-11-10-20(25)24(22)19(15-28-22)21(26)23-13-16-6-5-7-17(12-16)14-27-18-8-3-2-4-9-18/h2-9,12,19H,10-11,13-15H2,1H3,(H,23,26). The van der Waals surface area contributed by atoms with E-state index in [2.05, 4.69) is 12.2 Å². The van der Waals surface area contributed by atoms with Gasteiger partial charge in [0, 0.05) is 18.7 Å². The molecule has 2 aromatic carbocycles. The molecule has 2 saturated heterocycles. The molecule has 2 aliphatic rings. The summed E-state index contributed by atoms with van der Waals surface area (Å²) in [5.41, 5.74) is 2.07. The van der Waals surface area contributed by atoms with Crippen LogP contribution in [-0.4, -0.2) is 33.4 Å². The first-order chi connectivity index (χ1) is 13.5. The summed E-state index contributed by atoms with van der Waals surface area (Å²) in [6.45, 7) is 2.98. The summed E-state index contributed by atoms with van der Waals surface area (Å²) < 4.78 is 5.79. The van der Waals surface area contributed by atoms with Gasteiger partial charge in [-0.3, -0.25) is 9.59 Å². The third-order valence-corrected chi connectivity index (χ3v) is 6.86. The van der Waals surface area contributed by atoms with Crippen LogP contribution < -0.4 is 10.1 Å². The lowest BCUT2D eigenvalue weighted by Crippen LogP contribution is -2.49. The SMILES string of the molecule is CC12CCC(=O)N1C(C(=O)NCc1cccc(COc3ccccc3)c1)CS2. The number of nitrogens with zero attached hydrogens (tertiary/aromatic N) is 1. The number of nitrogens with one attached hydrogen (secondary N) is 1. The first-order valence-corrected chi connectivity index (χ1v) is 10.5. The molecule has 2 aromatic rings. The first-order valence-electron chi connectivity index (χ1n) is 9.55. The van der Waals surface area contributed by atoms with Crippen LogP contribution in [0.4, 0.5) is 0 Å². The van der Waals surface area contributed by atoms with Gasteiger partial charge in [-0.15, -0.1) is 11.8 Å². The Balaban J connectivity index is 1.33. The number of hydrogen-bond acceptors (Lipinski definition) is 4. The zero-order valence-electron chi connectivity index (χ0n) is 15.9. The lowest BCUT2D eigenvalue weighted by molar-refractivity contribution is -0.138. The Morgan fingerprint density at radius 2 is 2.00 bits per heavy atom. The van der Waals surface area contributed by atoms with Crippen molar-refractivity contribution in [3.63, 3.8) is 0 Å². The van der Waals surface area contributed by atoms with Crippen molar-refractivity contribution in [3.05, 3.63) is 65.7 Å². The number of ether oxygens (including phenoxy) is 1. The highest BCUT2D eigenvalue weighted by molar-refractivity contribution is 8.01. The summed E-state index contributed by atoms with van der Waals surface area (Å²) in [6, 6.07) is 17.3. The van der Waals surface area contributed by atoms with Crippen molar-refractivity contribution < 1.29 is 14.3 Å². The van der Waals surface area contributed by atoms with E-state index in [0.717, 1.165) is 23.3 Å². The molecule has 0 saturated carbocycles. The molecule has 2 atom stereocenters.